The van der Waals surface area contributed by atoms with Crippen LogP contribution >= 0.6 is 0 Å². The first kappa shape index (κ1) is 15.8. The van der Waals surface area contributed by atoms with Crippen LogP contribution in [-0.2, 0) is 9.53 Å². The molecule has 1 heterocycles. The van der Waals surface area contributed by atoms with E-state index in [4.69, 9.17) is 4.74 Å². The van der Waals surface area contributed by atoms with Crippen molar-refractivity contribution in [3.63, 3.8) is 0 Å². The number of hydrogen-bond acceptors (Lipinski definition) is 3. The number of nitrogens with one attached hydrogen (secondary N) is 2. The summed E-state index contributed by atoms with van der Waals surface area (Å²) in [7, 11) is 0. The predicted octanol–water partition coefficient (Wildman–Crippen LogP) is 2.37. The molecule has 116 valence electrons. The Labute approximate surface area is 123 Å². The van der Waals surface area contributed by atoms with Gasteiger partial charge in [0.1, 0.15) is 0 Å². The molecule has 1 aliphatic heterocycles. The number of carbonyl (C=O) groups is 1. The lowest BCUT2D eigenvalue weighted by Gasteiger charge is -2.23. The van der Waals surface area contributed by atoms with E-state index in [1.165, 1.54) is 32.1 Å². The number of ether oxygens (including phenoxy) is 1. The normalized spacial score (nSPS) is 23.0. The maximum absolute atomic E-state index is 11.9. The monoisotopic (exact) mass is 282 g/mol. The van der Waals surface area contributed by atoms with Gasteiger partial charge in [0.05, 0.1) is 12.7 Å². The van der Waals surface area contributed by atoms with Gasteiger partial charge < -0.3 is 15.4 Å². The maximum atomic E-state index is 11.9. The first-order chi connectivity index (χ1) is 9.84. The minimum absolute atomic E-state index is 0.171. The third-order valence-electron chi connectivity index (χ3n) is 4.44. The van der Waals surface area contributed by atoms with Crippen LogP contribution in [0.5, 0.6) is 0 Å². The van der Waals surface area contributed by atoms with Gasteiger partial charge in [0, 0.05) is 12.5 Å². The van der Waals surface area contributed by atoms with Gasteiger partial charge in [0.15, 0.2) is 0 Å². The molecule has 0 radical (unpaired) electrons. The van der Waals surface area contributed by atoms with Crippen LogP contribution in [-0.4, -0.2) is 37.7 Å². The Morgan fingerprint density at radius 3 is 2.35 bits per heavy atom. The van der Waals surface area contributed by atoms with Gasteiger partial charge in [0.25, 0.3) is 0 Å². The van der Waals surface area contributed by atoms with Gasteiger partial charge in [-0.1, -0.05) is 32.1 Å². The molecule has 2 aliphatic rings. The third-order valence-corrected chi connectivity index (χ3v) is 4.44. The molecule has 1 aliphatic carbocycles. The predicted molar refractivity (Wildman–Crippen MR) is 80.7 cm³/mol. The molecule has 0 aromatic carbocycles. The lowest BCUT2D eigenvalue weighted by molar-refractivity contribution is -0.123. The Kier molecular flexibility index (Phi) is 7.37. The summed E-state index contributed by atoms with van der Waals surface area (Å²) in [5.74, 6) is 0.171. The second kappa shape index (κ2) is 9.35. The summed E-state index contributed by atoms with van der Waals surface area (Å²) in [6.07, 6.45) is 11.9. The summed E-state index contributed by atoms with van der Waals surface area (Å²) in [6.45, 7) is 2.65. The fourth-order valence-electron chi connectivity index (χ4n) is 3.18. The van der Waals surface area contributed by atoms with Crippen LogP contribution < -0.4 is 10.6 Å². The summed E-state index contributed by atoms with van der Waals surface area (Å²) in [4.78, 5) is 11.9. The Hall–Kier alpha value is -0.610. The molecule has 4 heteroatoms. The van der Waals surface area contributed by atoms with E-state index < -0.39 is 0 Å². The van der Waals surface area contributed by atoms with E-state index in [0.717, 1.165) is 38.8 Å². The van der Waals surface area contributed by atoms with Crippen LogP contribution in [0, 0.1) is 0 Å². The SMILES string of the molecule is O=C(CCOC1CCNCC1)NC1CCCCCCC1. The van der Waals surface area contributed by atoms with Gasteiger partial charge >= 0.3 is 0 Å². The molecule has 0 bridgehead atoms. The minimum Gasteiger partial charge on any atom is -0.378 e. The Morgan fingerprint density at radius 2 is 1.65 bits per heavy atom. The zero-order valence-corrected chi connectivity index (χ0v) is 12.7. The van der Waals surface area contributed by atoms with Crippen molar-refractivity contribution in [1.29, 1.82) is 0 Å². The number of hydrogen-bond donors (Lipinski definition) is 2. The van der Waals surface area contributed by atoms with Crippen LogP contribution in [0.4, 0.5) is 0 Å². The van der Waals surface area contributed by atoms with E-state index in [1.54, 1.807) is 0 Å². The van der Waals surface area contributed by atoms with Gasteiger partial charge in [0.2, 0.25) is 5.91 Å². The van der Waals surface area contributed by atoms with E-state index in [-0.39, 0.29) is 5.91 Å². The van der Waals surface area contributed by atoms with E-state index in [1.807, 2.05) is 0 Å². The molecule has 1 saturated carbocycles. The Balaban J connectivity index is 1.56. The number of carbonyl (C=O) groups excluding carboxylic acids is 1. The molecule has 0 atom stereocenters. The molecular weight excluding hydrogens is 252 g/mol. The number of rotatable bonds is 5. The molecule has 2 N–H and O–H groups in total. The highest BCUT2D eigenvalue weighted by atomic mass is 16.5. The van der Waals surface area contributed by atoms with Crippen LogP contribution in [0.3, 0.4) is 0 Å². The van der Waals surface area contributed by atoms with Crippen molar-refractivity contribution in [2.45, 2.75) is 76.4 Å². The van der Waals surface area contributed by atoms with E-state index in [9.17, 15) is 4.79 Å². The summed E-state index contributed by atoms with van der Waals surface area (Å²) < 4.78 is 5.79. The molecule has 0 spiro atoms. The Morgan fingerprint density at radius 1 is 1.00 bits per heavy atom. The molecular formula is C16H30N2O2. The van der Waals surface area contributed by atoms with Gasteiger partial charge in [-0.2, -0.15) is 0 Å². The number of amides is 1. The fraction of sp³-hybridized carbons (Fsp3) is 0.938. The second-order valence-corrected chi connectivity index (χ2v) is 6.18. The van der Waals surface area contributed by atoms with E-state index in [0.29, 0.717) is 25.2 Å². The van der Waals surface area contributed by atoms with Crippen molar-refractivity contribution >= 4 is 5.91 Å². The summed E-state index contributed by atoms with van der Waals surface area (Å²) in [5, 5.41) is 6.51. The van der Waals surface area contributed by atoms with Gasteiger partial charge in [-0.3, -0.25) is 4.79 Å². The standard InChI is InChI=1S/C16H30N2O2/c19-16(10-13-20-15-8-11-17-12-9-15)18-14-6-4-2-1-3-5-7-14/h14-15,17H,1-13H2,(H,18,19). The highest BCUT2D eigenvalue weighted by molar-refractivity contribution is 5.76. The molecule has 1 saturated heterocycles. The maximum Gasteiger partial charge on any atom is 0.222 e. The average Bonchev–Trinajstić information content (AvgIpc) is 2.43. The van der Waals surface area contributed by atoms with Gasteiger partial charge in [-0.25, -0.2) is 0 Å². The highest BCUT2D eigenvalue weighted by Gasteiger charge is 2.16. The smallest absolute Gasteiger partial charge is 0.222 e. The lowest BCUT2D eigenvalue weighted by Crippen LogP contribution is -2.36. The molecule has 2 fully saturated rings. The quantitative estimate of drug-likeness (QED) is 0.814. The first-order valence-electron chi connectivity index (χ1n) is 8.46. The number of piperidine rings is 1. The summed E-state index contributed by atoms with van der Waals surface area (Å²) >= 11 is 0. The van der Waals surface area contributed by atoms with Crippen LogP contribution in [0.25, 0.3) is 0 Å². The lowest BCUT2D eigenvalue weighted by atomic mass is 9.96. The second-order valence-electron chi connectivity index (χ2n) is 6.18. The van der Waals surface area contributed by atoms with E-state index >= 15 is 0 Å². The molecule has 0 aromatic heterocycles. The van der Waals surface area contributed by atoms with Crippen LogP contribution in [0.2, 0.25) is 0 Å². The van der Waals surface area contributed by atoms with Crippen molar-refractivity contribution in [3.8, 4) is 0 Å². The molecule has 4 nitrogen and oxygen atoms in total. The van der Waals surface area contributed by atoms with Crippen molar-refractivity contribution < 1.29 is 9.53 Å². The molecule has 1 amide bonds. The zero-order chi connectivity index (χ0) is 14.0. The molecule has 2 rings (SSSR count). The first-order valence-corrected chi connectivity index (χ1v) is 8.46. The van der Waals surface area contributed by atoms with Crippen molar-refractivity contribution in [2.75, 3.05) is 19.7 Å². The highest BCUT2D eigenvalue weighted by Crippen LogP contribution is 2.17. The largest absolute Gasteiger partial charge is 0.378 e. The van der Waals surface area contributed by atoms with Crippen LogP contribution in [0.1, 0.15) is 64.2 Å². The molecule has 0 aromatic rings. The van der Waals surface area contributed by atoms with Crippen molar-refractivity contribution in [2.24, 2.45) is 0 Å². The van der Waals surface area contributed by atoms with Gasteiger partial charge in [-0.15, -0.1) is 0 Å². The van der Waals surface area contributed by atoms with Crippen molar-refractivity contribution in [1.82, 2.24) is 10.6 Å². The molecule has 0 unspecified atom stereocenters. The topological polar surface area (TPSA) is 50.4 Å². The van der Waals surface area contributed by atoms with Gasteiger partial charge in [-0.05, 0) is 38.8 Å². The van der Waals surface area contributed by atoms with E-state index in [2.05, 4.69) is 10.6 Å². The van der Waals surface area contributed by atoms with Crippen molar-refractivity contribution in [3.05, 3.63) is 0 Å². The summed E-state index contributed by atoms with van der Waals surface area (Å²) in [5.41, 5.74) is 0. The minimum atomic E-state index is 0.171. The zero-order valence-electron chi connectivity index (χ0n) is 12.7. The van der Waals surface area contributed by atoms with Crippen LogP contribution in [0.15, 0.2) is 0 Å². The average molecular weight is 282 g/mol. The fourth-order valence-corrected chi connectivity index (χ4v) is 3.18. The Bertz CT molecular complexity index is 270. The molecule has 20 heavy (non-hydrogen) atoms. The summed E-state index contributed by atoms with van der Waals surface area (Å²) in [6, 6.07) is 0.404. The third kappa shape index (κ3) is 6.23.